The van der Waals surface area contributed by atoms with E-state index in [-0.39, 0.29) is 18.2 Å². The van der Waals surface area contributed by atoms with Crippen molar-refractivity contribution in [3.05, 3.63) is 53.9 Å². The van der Waals surface area contributed by atoms with Crippen molar-refractivity contribution in [3.8, 4) is 5.75 Å². The number of nitrogens with one attached hydrogen (secondary N) is 1. The Morgan fingerprint density at radius 3 is 2.74 bits per heavy atom. The zero-order valence-corrected chi connectivity index (χ0v) is 11.1. The zero-order valence-electron chi connectivity index (χ0n) is 11.1. The highest BCUT2D eigenvalue weighted by atomic mass is 16.3. The topological polar surface area (TPSA) is 53.2 Å². The number of carbonyl (C=O) groups is 1. The largest absolute Gasteiger partial charge is 0.503 e. The van der Waals surface area contributed by atoms with E-state index < -0.39 is 0 Å². The number of rotatable bonds is 3. The maximum atomic E-state index is 11.9. The molecule has 0 aliphatic heterocycles. The molecule has 1 aromatic heterocycles. The van der Waals surface area contributed by atoms with Gasteiger partial charge in [-0.15, -0.1) is 0 Å². The molecule has 1 heterocycles. The Morgan fingerprint density at radius 1 is 1.26 bits per heavy atom. The van der Waals surface area contributed by atoms with E-state index in [4.69, 9.17) is 0 Å². The molecule has 0 unspecified atom stereocenters. The number of amides is 1. The molecule has 0 atom stereocenters. The second-order valence-electron chi connectivity index (χ2n) is 4.58. The first-order valence-corrected chi connectivity index (χ1v) is 6.10. The fourth-order valence-electron chi connectivity index (χ4n) is 1.79. The summed E-state index contributed by atoms with van der Waals surface area (Å²) in [6.07, 6.45) is 3.25. The van der Waals surface area contributed by atoms with Crippen LogP contribution in [0.15, 0.2) is 42.7 Å². The zero-order chi connectivity index (χ0) is 13.8. The minimum Gasteiger partial charge on any atom is -0.503 e. The predicted octanol–water partition coefficient (Wildman–Crippen LogP) is 1.94. The molecule has 0 aliphatic rings. The molecule has 2 aromatic rings. The number of hydrogen-bond acceptors (Lipinski definition) is 2. The van der Waals surface area contributed by atoms with Crippen molar-refractivity contribution in [1.29, 1.82) is 0 Å². The highest BCUT2D eigenvalue weighted by molar-refractivity contribution is 5.89. The number of benzene rings is 1. The molecular weight excluding hydrogens is 240 g/mol. The van der Waals surface area contributed by atoms with Crippen molar-refractivity contribution < 1.29 is 14.5 Å². The number of pyridine rings is 1. The molecule has 0 aliphatic carbocycles. The lowest BCUT2D eigenvalue weighted by molar-refractivity contribution is -0.684. The molecule has 0 saturated heterocycles. The molecule has 0 bridgehead atoms. The monoisotopic (exact) mass is 257 g/mol. The van der Waals surface area contributed by atoms with Crippen LogP contribution in [0.3, 0.4) is 0 Å². The molecule has 4 nitrogen and oxygen atoms in total. The van der Waals surface area contributed by atoms with Crippen LogP contribution >= 0.6 is 0 Å². The highest BCUT2D eigenvalue weighted by Gasteiger charge is 2.10. The van der Waals surface area contributed by atoms with Crippen LogP contribution in [0.5, 0.6) is 5.75 Å². The highest BCUT2D eigenvalue weighted by Crippen LogP contribution is 2.13. The quantitative estimate of drug-likeness (QED) is 0.826. The summed E-state index contributed by atoms with van der Waals surface area (Å²) in [4.78, 5) is 11.9. The molecule has 0 fully saturated rings. The third-order valence-electron chi connectivity index (χ3n) is 2.96. The molecule has 0 radical (unpaired) electrons. The third kappa shape index (κ3) is 3.55. The van der Waals surface area contributed by atoms with Crippen LogP contribution in [0.1, 0.15) is 11.1 Å². The van der Waals surface area contributed by atoms with E-state index in [1.807, 2.05) is 32.0 Å². The molecule has 2 N–H and O–H groups in total. The van der Waals surface area contributed by atoms with Crippen molar-refractivity contribution in [3.63, 3.8) is 0 Å². The molecule has 1 aromatic carbocycles. The Kier molecular flexibility index (Phi) is 3.80. The lowest BCUT2D eigenvalue weighted by Gasteiger charge is -2.06. The van der Waals surface area contributed by atoms with Crippen LogP contribution in [-0.2, 0) is 11.3 Å². The van der Waals surface area contributed by atoms with E-state index in [1.165, 1.54) is 11.8 Å². The van der Waals surface area contributed by atoms with Gasteiger partial charge in [-0.1, -0.05) is 6.07 Å². The summed E-state index contributed by atoms with van der Waals surface area (Å²) >= 11 is 0. The van der Waals surface area contributed by atoms with Crippen LogP contribution in [0.4, 0.5) is 5.69 Å². The van der Waals surface area contributed by atoms with Gasteiger partial charge in [0.15, 0.2) is 11.9 Å². The van der Waals surface area contributed by atoms with Gasteiger partial charge in [-0.05, 0) is 43.2 Å². The van der Waals surface area contributed by atoms with E-state index in [2.05, 4.69) is 5.32 Å². The molecule has 0 spiro atoms. The molecule has 2 rings (SSSR count). The van der Waals surface area contributed by atoms with Gasteiger partial charge in [0.2, 0.25) is 12.7 Å². The lowest BCUT2D eigenvalue weighted by Crippen LogP contribution is -2.39. The van der Waals surface area contributed by atoms with E-state index >= 15 is 0 Å². The second-order valence-corrected chi connectivity index (χ2v) is 4.58. The average Bonchev–Trinajstić information content (AvgIpc) is 2.34. The van der Waals surface area contributed by atoms with E-state index in [9.17, 15) is 9.90 Å². The molecule has 1 amide bonds. The number of carbonyl (C=O) groups excluding carboxylic acids is 1. The Hall–Kier alpha value is -2.36. The van der Waals surface area contributed by atoms with Crippen LogP contribution in [0.2, 0.25) is 0 Å². The smallest absolute Gasteiger partial charge is 0.290 e. The van der Waals surface area contributed by atoms with Gasteiger partial charge >= 0.3 is 0 Å². The Morgan fingerprint density at radius 2 is 2.05 bits per heavy atom. The minimum absolute atomic E-state index is 0.126. The number of nitrogens with zero attached hydrogens (tertiary/aromatic N) is 1. The van der Waals surface area contributed by atoms with Crippen molar-refractivity contribution in [1.82, 2.24) is 0 Å². The summed E-state index contributed by atoms with van der Waals surface area (Å²) in [6, 6.07) is 9.07. The van der Waals surface area contributed by atoms with Gasteiger partial charge in [0.05, 0.1) is 0 Å². The summed E-state index contributed by atoms with van der Waals surface area (Å²) in [6.45, 7) is 4.21. The summed E-state index contributed by atoms with van der Waals surface area (Å²) in [5, 5.41) is 12.2. The van der Waals surface area contributed by atoms with Crippen molar-refractivity contribution >= 4 is 11.6 Å². The fourth-order valence-corrected chi connectivity index (χ4v) is 1.79. The van der Waals surface area contributed by atoms with Gasteiger partial charge in [-0.3, -0.25) is 4.79 Å². The van der Waals surface area contributed by atoms with Gasteiger partial charge in [0.1, 0.15) is 0 Å². The van der Waals surface area contributed by atoms with Crippen LogP contribution in [0, 0.1) is 13.8 Å². The Bertz CT molecular complexity index is 609. The summed E-state index contributed by atoms with van der Waals surface area (Å²) in [5.41, 5.74) is 3.12. The maximum absolute atomic E-state index is 11.9. The number of aromatic nitrogens is 1. The van der Waals surface area contributed by atoms with Crippen molar-refractivity contribution in [2.24, 2.45) is 0 Å². The first kappa shape index (κ1) is 13.1. The molecular formula is C15H17N2O2+. The van der Waals surface area contributed by atoms with Gasteiger partial charge in [-0.25, -0.2) is 0 Å². The van der Waals surface area contributed by atoms with Gasteiger partial charge in [-0.2, -0.15) is 4.57 Å². The summed E-state index contributed by atoms with van der Waals surface area (Å²) in [5.74, 6) is 0.0142. The first-order chi connectivity index (χ1) is 9.04. The SMILES string of the molecule is Cc1ccc(NC(=O)C[n+]2cccc(O)c2)cc1C. The van der Waals surface area contributed by atoms with Crippen LogP contribution in [0.25, 0.3) is 0 Å². The van der Waals surface area contributed by atoms with Crippen LogP contribution in [-0.4, -0.2) is 11.0 Å². The standard InChI is InChI=1S/C15H16N2O2/c1-11-5-6-13(8-12(11)2)16-15(19)10-17-7-3-4-14(18)9-17/h3-9H,10H2,1-2H3,(H-,16,18,19)/p+1. The minimum atomic E-state index is -0.126. The van der Waals surface area contributed by atoms with E-state index in [0.717, 1.165) is 11.3 Å². The number of aryl methyl sites for hydroxylation is 2. The molecule has 4 heteroatoms. The Balaban J connectivity index is 2.03. The maximum Gasteiger partial charge on any atom is 0.290 e. The molecule has 0 saturated carbocycles. The van der Waals surface area contributed by atoms with E-state index in [0.29, 0.717) is 0 Å². The number of hydrogen-bond donors (Lipinski definition) is 2. The lowest BCUT2D eigenvalue weighted by atomic mass is 10.1. The van der Waals surface area contributed by atoms with Gasteiger partial charge < -0.3 is 10.4 Å². The second kappa shape index (κ2) is 5.52. The van der Waals surface area contributed by atoms with Gasteiger partial charge in [0, 0.05) is 11.8 Å². The molecule has 98 valence electrons. The van der Waals surface area contributed by atoms with Gasteiger partial charge in [0.25, 0.3) is 5.91 Å². The first-order valence-electron chi connectivity index (χ1n) is 6.10. The normalized spacial score (nSPS) is 10.2. The Labute approximate surface area is 112 Å². The van der Waals surface area contributed by atoms with Crippen molar-refractivity contribution in [2.45, 2.75) is 20.4 Å². The van der Waals surface area contributed by atoms with Crippen LogP contribution < -0.4 is 9.88 Å². The van der Waals surface area contributed by atoms with E-state index in [1.54, 1.807) is 22.9 Å². The van der Waals surface area contributed by atoms with Crippen molar-refractivity contribution in [2.75, 3.05) is 5.32 Å². The predicted molar refractivity (Wildman–Crippen MR) is 72.8 cm³/mol. The third-order valence-corrected chi connectivity index (χ3v) is 2.96. The summed E-state index contributed by atoms with van der Waals surface area (Å²) < 4.78 is 1.63. The molecule has 19 heavy (non-hydrogen) atoms. The number of anilines is 1. The number of aromatic hydroxyl groups is 1. The summed E-state index contributed by atoms with van der Waals surface area (Å²) in [7, 11) is 0. The fraction of sp³-hybridized carbons (Fsp3) is 0.200. The average molecular weight is 257 g/mol.